The van der Waals surface area contributed by atoms with E-state index in [2.05, 4.69) is 5.32 Å². The van der Waals surface area contributed by atoms with Crippen molar-refractivity contribution in [2.45, 2.75) is 25.6 Å². The van der Waals surface area contributed by atoms with Crippen molar-refractivity contribution in [1.29, 1.82) is 0 Å². The molecule has 0 unspecified atom stereocenters. The molecule has 2 saturated heterocycles. The average Bonchev–Trinajstić information content (AvgIpc) is 3.01. The second-order valence-corrected chi connectivity index (χ2v) is 6.28. The van der Waals surface area contributed by atoms with Gasteiger partial charge in [0, 0.05) is 30.8 Å². The van der Waals surface area contributed by atoms with Crippen molar-refractivity contribution in [3.8, 4) is 0 Å². The molecule has 1 aromatic carbocycles. The summed E-state index contributed by atoms with van der Waals surface area (Å²) in [6.45, 7) is 3.14. The van der Waals surface area contributed by atoms with Crippen LogP contribution < -0.4 is 5.32 Å². The van der Waals surface area contributed by atoms with Gasteiger partial charge in [0.2, 0.25) is 5.91 Å². The number of urea groups is 1. The molecule has 2 fully saturated rings. The Balaban J connectivity index is 1.73. The Morgan fingerprint density at radius 2 is 2.00 bits per heavy atom. The van der Waals surface area contributed by atoms with Gasteiger partial charge < -0.3 is 19.9 Å². The van der Waals surface area contributed by atoms with Crippen LogP contribution >= 0.6 is 0 Å². The van der Waals surface area contributed by atoms with Crippen molar-refractivity contribution in [3.05, 3.63) is 29.6 Å². The van der Waals surface area contributed by atoms with E-state index in [9.17, 15) is 18.4 Å². The highest BCUT2D eigenvalue weighted by Gasteiger charge is 2.42. The zero-order chi connectivity index (χ0) is 18.0. The first-order chi connectivity index (χ1) is 12.0. The van der Waals surface area contributed by atoms with Crippen molar-refractivity contribution in [2.75, 3.05) is 38.2 Å². The molecule has 0 saturated carbocycles. The van der Waals surface area contributed by atoms with Crippen LogP contribution in [-0.2, 0) is 9.53 Å². The smallest absolute Gasteiger partial charge is 0.322 e. The number of ether oxygens (including phenoxy) is 1. The fraction of sp³-hybridized carbons (Fsp3) is 0.529. The number of nitrogens with one attached hydrogen (secondary N) is 1. The van der Waals surface area contributed by atoms with E-state index < -0.39 is 24.1 Å². The van der Waals surface area contributed by atoms with Gasteiger partial charge in [-0.2, -0.15) is 0 Å². The van der Waals surface area contributed by atoms with E-state index in [1.54, 1.807) is 17.9 Å². The minimum absolute atomic E-state index is 0.0221. The molecular formula is C17H21F2N3O3. The third kappa shape index (κ3) is 3.73. The maximum absolute atomic E-state index is 13.9. The Morgan fingerprint density at radius 1 is 1.28 bits per heavy atom. The van der Waals surface area contributed by atoms with Gasteiger partial charge in [0.15, 0.2) is 0 Å². The number of nitrogens with zero attached hydrogens (tertiary/aromatic N) is 2. The molecule has 2 heterocycles. The predicted octanol–water partition coefficient (Wildman–Crippen LogP) is 1.94. The molecule has 2 atom stereocenters. The topological polar surface area (TPSA) is 61.9 Å². The lowest BCUT2D eigenvalue weighted by atomic mass is 10.1. The molecule has 0 aliphatic carbocycles. The van der Waals surface area contributed by atoms with E-state index in [0.29, 0.717) is 37.6 Å². The number of amides is 3. The zero-order valence-electron chi connectivity index (χ0n) is 14.0. The fourth-order valence-corrected chi connectivity index (χ4v) is 3.17. The number of halogens is 2. The largest absolute Gasteiger partial charge is 0.378 e. The molecule has 2 aliphatic heterocycles. The lowest BCUT2D eigenvalue weighted by molar-refractivity contribution is -0.139. The van der Waals surface area contributed by atoms with Crippen LogP contribution in [0.15, 0.2) is 18.2 Å². The van der Waals surface area contributed by atoms with Crippen LogP contribution in [0.1, 0.15) is 12.0 Å². The summed E-state index contributed by atoms with van der Waals surface area (Å²) in [6.07, 6.45) is -1.28. The molecule has 136 valence electrons. The second kappa shape index (κ2) is 7.35. The van der Waals surface area contributed by atoms with E-state index in [1.807, 2.05) is 0 Å². The van der Waals surface area contributed by atoms with Crippen LogP contribution in [0, 0.1) is 12.7 Å². The minimum atomic E-state index is -1.26. The molecule has 3 rings (SSSR count). The third-order valence-electron chi connectivity index (χ3n) is 4.63. The molecule has 0 bridgehead atoms. The average molecular weight is 353 g/mol. The number of morpholine rings is 1. The van der Waals surface area contributed by atoms with Crippen LogP contribution in [0.5, 0.6) is 0 Å². The summed E-state index contributed by atoms with van der Waals surface area (Å²) in [7, 11) is 0. The summed E-state index contributed by atoms with van der Waals surface area (Å²) >= 11 is 0. The van der Waals surface area contributed by atoms with E-state index in [0.717, 1.165) is 0 Å². The van der Waals surface area contributed by atoms with E-state index in [1.165, 1.54) is 17.0 Å². The summed E-state index contributed by atoms with van der Waals surface area (Å²) in [5, 5.41) is 2.59. The maximum Gasteiger partial charge on any atom is 0.322 e. The van der Waals surface area contributed by atoms with Gasteiger partial charge in [-0.15, -0.1) is 0 Å². The molecule has 8 heteroatoms. The summed E-state index contributed by atoms with van der Waals surface area (Å²) in [6, 6.07) is 2.90. The molecule has 6 nitrogen and oxygen atoms in total. The molecule has 0 spiro atoms. The molecule has 3 amide bonds. The highest BCUT2D eigenvalue weighted by molar-refractivity contribution is 5.94. The van der Waals surface area contributed by atoms with Gasteiger partial charge in [-0.3, -0.25) is 4.79 Å². The van der Waals surface area contributed by atoms with Gasteiger partial charge in [-0.05, 0) is 19.1 Å². The Kier molecular flexibility index (Phi) is 5.17. The lowest BCUT2D eigenvalue weighted by Gasteiger charge is -2.32. The van der Waals surface area contributed by atoms with Gasteiger partial charge in [0.05, 0.1) is 19.8 Å². The van der Waals surface area contributed by atoms with Crippen LogP contribution in [0.25, 0.3) is 0 Å². The van der Waals surface area contributed by atoms with E-state index in [-0.39, 0.29) is 18.9 Å². The Labute approximate surface area is 144 Å². The maximum atomic E-state index is 13.9. The number of rotatable bonds is 2. The van der Waals surface area contributed by atoms with Crippen molar-refractivity contribution in [2.24, 2.45) is 0 Å². The van der Waals surface area contributed by atoms with Gasteiger partial charge in [0.25, 0.3) is 0 Å². The van der Waals surface area contributed by atoms with Crippen LogP contribution in [-0.4, -0.2) is 66.8 Å². The number of benzene rings is 1. The first-order valence-corrected chi connectivity index (χ1v) is 8.30. The van der Waals surface area contributed by atoms with Crippen LogP contribution in [0.4, 0.5) is 19.3 Å². The normalized spacial score (nSPS) is 23.6. The number of hydrogen-bond donors (Lipinski definition) is 1. The summed E-state index contributed by atoms with van der Waals surface area (Å²) in [4.78, 5) is 28.0. The van der Waals surface area contributed by atoms with Crippen molar-refractivity contribution in [3.63, 3.8) is 0 Å². The number of likely N-dealkylation sites (tertiary alicyclic amines) is 1. The SMILES string of the molecule is Cc1c(F)cccc1NC(=O)N1C[C@@H](F)C[C@H]1C(=O)N1CCOCC1. The Morgan fingerprint density at radius 3 is 2.72 bits per heavy atom. The van der Waals surface area contributed by atoms with Gasteiger partial charge in [-0.25, -0.2) is 13.6 Å². The van der Waals surface area contributed by atoms with Crippen LogP contribution in [0.3, 0.4) is 0 Å². The van der Waals surface area contributed by atoms with Gasteiger partial charge in [-0.1, -0.05) is 6.07 Å². The molecule has 1 aromatic rings. The third-order valence-corrected chi connectivity index (χ3v) is 4.63. The molecule has 0 aromatic heterocycles. The van der Waals surface area contributed by atoms with Crippen LogP contribution in [0.2, 0.25) is 0 Å². The molecular weight excluding hydrogens is 332 g/mol. The highest BCUT2D eigenvalue weighted by atomic mass is 19.1. The molecule has 25 heavy (non-hydrogen) atoms. The Hall–Kier alpha value is -2.22. The number of hydrogen-bond acceptors (Lipinski definition) is 3. The zero-order valence-corrected chi connectivity index (χ0v) is 14.0. The number of alkyl halides is 1. The Bertz CT molecular complexity index is 665. The van der Waals surface area contributed by atoms with Crippen molar-refractivity contribution >= 4 is 17.6 Å². The standard InChI is InChI=1S/C17H21F2N3O3/c1-11-13(19)3-2-4-14(11)20-17(24)22-10-12(18)9-15(22)16(23)21-5-7-25-8-6-21/h2-4,12,15H,5-10H2,1H3,(H,20,24)/t12-,15-/m0/s1. The molecule has 2 aliphatic rings. The number of carbonyl (C=O) groups is 2. The quantitative estimate of drug-likeness (QED) is 0.884. The second-order valence-electron chi connectivity index (χ2n) is 6.28. The van der Waals surface area contributed by atoms with E-state index in [4.69, 9.17) is 4.74 Å². The monoisotopic (exact) mass is 353 g/mol. The summed E-state index contributed by atoms with van der Waals surface area (Å²) < 4.78 is 32.8. The molecule has 0 radical (unpaired) electrons. The highest BCUT2D eigenvalue weighted by Crippen LogP contribution is 2.25. The first kappa shape index (κ1) is 17.6. The molecule has 1 N–H and O–H groups in total. The fourth-order valence-electron chi connectivity index (χ4n) is 3.17. The van der Waals surface area contributed by atoms with Crippen molar-refractivity contribution in [1.82, 2.24) is 9.80 Å². The summed E-state index contributed by atoms with van der Waals surface area (Å²) in [5.74, 6) is -0.710. The number of carbonyl (C=O) groups excluding carboxylic acids is 2. The minimum Gasteiger partial charge on any atom is -0.378 e. The lowest BCUT2D eigenvalue weighted by Crippen LogP contribution is -2.51. The van der Waals surface area contributed by atoms with Crippen molar-refractivity contribution < 1.29 is 23.1 Å². The van der Waals surface area contributed by atoms with E-state index >= 15 is 0 Å². The van der Waals surface area contributed by atoms with Gasteiger partial charge in [0.1, 0.15) is 18.0 Å². The number of anilines is 1. The first-order valence-electron chi connectivity index (χ1n) is 8.30. The summed E-state index contributed by atoms with van der Waals surface area (Å²) in [5.41, 5.74) is 0.604. The predicted molar refractivity (Wildman–Crippen MR) is 87.6 cm³/mol. The van der Waals surface area contributed by atoms with Gasteiger partial charge >= 0.3 is 6.03 Å².